The monoisotopic (exact) mass is 291 g/mol. The van der Waals surface area contributed by atoms with Crippen molar-refractivity contribution < 1.29 is 9.53 Å². The van der Waals surface area contributed by atoms with E-state index in [-0.39, 0.29) is 6.10 Å². The molecule has 0 saturated carbocycles. The van der Waals surface area contributed by atoms with Crippen molar-refractivity contribution in [3.63, 3.8) is 0 Å². The van der Waals surface area contributed by atoms with Crippen molar-refractivity contribution in [1.29, 1.82) is 0 Å². The molecule has 2 atom stereocenters. The molecule has 0 aliphatic carbocycles. The molecule has 1 fully saturated rings. The first kappa shape index (κ1) is 15.6. The molecule has 116 valence electrons. The van der Waals surface area contributed by atoms with Crippen LogP contribution < -0.4 is 20.3 Å². The number of hydrogen-bond acceptors (Lipinski definition) is 4. The van der Waals surface area contributed by atoms with Gasteiger partial charge in [-0.15, -0.1) is 0 Å². The lowest BCUT2D eigenvalue weighted by molar-refractivity contribution is -0.105. The number of benzene rings is 1. The summed E-state index contributed by atoms with van der Waals surface area (Å²) < 4.78 is 5.82. The maximum absolute atomic E-state index is 10.7. The van der Waals surface area contributed by atoms with E-state index in [0.29, 0.717) is 29.9 Å². The predicted octanol–water partition coefficient (Wildman–Crippen LogP) is 2.23. The average Bonchev–Trinajstić information content (AvgIpc) is 2.39. The highest BCUT2D eigenvalue weighted by atomic mass is 16.5. The highest BCUT2D eigenvalue weighted by molar-refractivity contribution is 5.77. The Hall–Kier alpha value is -1.75. The smallest absolute Gasteiger partial charge is 0.211 e. The zero-order valence-corrected chi connectivity index (χ0v) is 13.2. The van der Waals surface area contributed by atoms with Crippen LogP contribution in [0.1, 0.15) is 27.7 Å². The summed E-state index contributed by atoms with van der Waals surface area (Å²) >= 11 is 0. The van der Waals surface area contributed by atoms with Crippen LogP contribution in [0.5, 0.6) is 5.75 Å². The van der Waals surface area contributed by atoms with Gasteiger partial charge in [0, 0.05) is 36.9 Å². The summed E-state index contributed by atoms with van der Waals surface area (Å²) in [5, 5.41) is 6.22. The van der Waals surface area contributed by atoms with Crippen LogP contribution in [0, 0.1) is 0 Å². The Labute approximate surface area is 126 Å². The van der Waals surface area contributed by atoms with E-state index in [1.807, 2.05) is 32.0 Å². The molecule has 0 aromatic heterocycles. The van der Waals surface area contributed by atoms with Gasteiger partial charge in [-0.1, -0.05) is 0 Å². The molecule has 1 amide bonds. The van der Waals surface area contributed by atoms with E-state index in [4.69, 9.17) is 4.74 Å². The van der Waals surface area contributed by atoms with Crippen LogP contribution in [0.25, 0.3) is 0 Å². The molecule has 1 aromatic carbocycles. The van der Waals surface area contributed by atoms with Crippen LogP contribution in [0.4, 0.5) is 11.4 Å². The number of nitrogens with one attached hydrogen (secondary N) is 2. The van der Waals surface area contributed by atoms with E-state index < -0.39 is 0 Å². The number of carbonyl (C=O) groups is 1. The maximum atomic E-state index is 10.7. The molecule has 5 heteroatoms. The largest absolute Gasteiger partial charge is 0.489 e. The number of rotatable bonds is 5. The molecule has 1 heterocycles. The van der Waals surface area contributed by atoms with Gasteiger partial charge in [-0.2, -0.15) is 0 Å². The molecule has 0 spiro atoms. The summed E-state index contributed by atoms with van der Waals surface area (Å²) in [6.45, 7) is 10.3. The van der Waals surface area contributed by atoms with Crippen molar-refractivity contribution in [1.82, 2.24) is 5.32 Å². The third kappa shape index (κ3) is 4.11. The zero-order chi connectivity index (χ0) is 15.4. The maximum Gasteiger partial charge on any atom is 0.211 e. The molecule has 1 aromatic rings. The van der Waals surface area contributed by atoms with Crippen LogP contribution in [-0.4, -0.2) is 37.7 Å². The standard InChI is InChI=1S/C16H25N3O2/c1-11(2)21-16-7-14(5-6-15(16)17-10-20)19-8-12(3)18-13(4)9-19/h5-7,10-13,18H,8-9H2,1-4H3,(H,17,20). The van der Waals surface area contributed by atoms with Gasteiger partial charge in [0.15, 0.2) is 0 Å². The van der Waals surface area contributed by atoms with Gasteiger partial charge in [0.2, 0.25) is 6.41 Å². The fourth-order valence-electron chi connectivity index (χ4n) is 2.78. The molecular weight excluding hydrogens is 266 g/mol. The third-order valence-corrected chi connectivity index (χ3v) is 3.46. The van der Waals surface area contributed by atoms with Crippen molar-refractivity contribution >= 4 is 17.8 Å². The van der Waals surface area contributed by atoms with Gasteiger partial charge in [-0.25, -0.2) is 0 Å². The van der Waals surface area contributed by atoms with Crippen molar-refractivity contribution in [2.24, 2.45) is 0 Å². The van der Waals surface area contributed by atoms with Crippen LogP contribution in [0.2, 0.25) is 0 Å². The van der Waals surface area contributed by atoms with E-state index in [1.54, 1.807) is 0 Å². The van der Waals surface area contributed by atoms with Gasteiger partial charge in [0.1, 0.15) is 5.75 Å². The van der Waals surface area contributed by atoms with E-state index in [9.17, 15) is 4.79 Å². The second-order valence-electron chi connectivity index (χ2n) is 5.98. The number of ether oxygens (including phenoxy) is 1. The highest BCUT2D eigenvalue weighted by Crippen LogP contribution is 2.31. The van der Waals surface area contributed by atoms with E-state index in [2.05, 4.69) is 29.4 Å². The third-order valence-electron chi connectivity index (χ3n) is 3.46. The fraction of sp³-hybridized carbons (Fsp3) is 0.562. The molecule has 1 aliphatic rings. The molecule has 0 radical (unpaired) electrons. The van der Waals surface area contributed by atoms with Crippen LogP contribution >= 0.6 is 0 Å². The highest BCUT2D eigenvalue weighted by Gasteiger charge is 2.22. The number of carbonyl (C=O) groups excluding carboxylic acids is 1. The number of anilines is 2. The molecule has 1 aliphatic heterocycles. The van der Waals surface area contributed by atoms with E-state index >= 15 is 0 Å². The zero-order valence-electron chi connectivity index (χ0n) is 13.2. The molecule has 2 N–H and O–H groups in total. The number of piperazine rings is 1. The van der Waals surface area contributed by atoms with Gasteiger partial charge in [-0.3, -0.25) is 4.79 Å². The number of amides is 1. The molecule has 2 unspecified atom stereocenters. The first-order chi connectivity index (χ1) is 9.99. The molecule has 0 bridgehead atoms. The minimum atomic E-state index is 0.0633. The Morgan fingerprint density at radius 3 is 2.57 bits per heavy atom. The lowest BCUT2D eigenvalue weighted by atomic mass is 10.1. The molecule has 21 heavy (non-hydrogen) atoms. The molecule has 2 rings (SSSR count). The second-order valence-corrected chi connectivity index (χ2v) is 5.98. The van der Waals surface area contributed by atoms with Crippen molar-refractivity contribution in [3.05, 3.63) is 18.2 Å². The minimum Gasteiger partial charge on any atom is -0.489 e. The Kier molecular flexibility index (Phi) is 5.07. The first-order valence-corrected chi connectivity index (χ1v) is 7.51. The van der Waals surface area contributed by atoms with Gasteiger partial charge in [0.05, 0.1) is 11.8 Å². The lowest BCUT2D eigenvalue weighted by Gasteiger charge is -2.38. The van der Waals surface area contributed by atoms with Crippen molar-refractivity contribution in [3.8, 4) is 5.75 Å². The summed E-state index contributed by atoms with van der Waals surface area (Å²) in [5.41, 5.74) is 1.83. The van der Waals surface area contributed by atoms with Crippen LogP contribution in [0.15, 0.2) is 18.2 Å². The Morgan fingerprint density at radius 2 is 2.00 bits per heavy atom. The number of hydrogen-bond donors (Lipinski definition) is 2. The molecule has 5 nitrogen and oxygen atoms in total. The number of nitrogens with zero attached hydrogens (tertiary/aromatic N) is 1. The van der Waals surface area contributed by atoms with Crippen molar-refractivity contribution in [2.45, 2.75) is 45.9 Å². The summed E-state index contributed by atoms with van der Waals surface area (Å²) in [5.74, 6) is 0.716. The normalized spacial score (nSPS) is 22.2. The van der Waals surface area contributed by atoms with E-state index in [1.165, 1.54) is 0 Å². The fourth-order valence-corrected chi connectivity index (χ4v) is 2.78. The Balaban J connectivity index is 2.25. The Bertz CT molecular complexity index is 480. The topological polar surface area (TPSA) is 53.6 Å². The SMILES string of the molecule is CC1CN(c2ccc(NC=O)c(OC(C)C)c2)CC(C)N1. The van der Waals surface area contributed by atoms with Gasteiger partial charge < -0.3 is 20.3 Å². The average molecular weight is 291 g/mol. The Morgan fingerprint density at radius 1 is 1.33 bits per heavy atom. The summed E-state index contributed by atoms with van der Waals surface area (Å²) in [6, 6.07) is 6.85. The van der Waals surface area contributed by atoms with Gasteiger partial charge in [-0.05, 0) is 39.8 Å². The summed E-state index contributed by atoms with van der Waals surface area (Å²) in [4.78, 5) is 13.1. The van der Waals surface area contributed by atoms with E-state index in [0.717, 1.165) is 18.8 Å². The minimum absolute atomic E-state index is 0.0633. The quantitative estimate of drug-likeness (QED) is 0.817. The van der Waals surface area contributed by atoms with Gasteiger partial charge >= 0.3 is 0 Å². The predicted molar refractivity (Wildman–Crippen MR) is 86.2 cm³/mol. The first-order valence-electron chi connectivity index (χ1n) is 7.51. The molecule has 1 saturated heterocycles. The summed E-state index contributed by atoms with van der Waals surface area (Å²) in [6.07, 6.45) is 0.741. The lowest BCUT2D eigenvalue weighted by Crippen LogP contribution is -2.54. The summed E-state index contributed by atoms with van der Waals surface area (Å²) in [7, 11) is 0. The molecular formula is C16H25N3O2. The van der Waals surface area contributed by atoms with Crippen LogP contribution in [0.3, 0.4) is 0 Å². The van der Waals surface area contributed by atoms with Crippen molar-refractivity contribution in [2.75, 3.05) is 23.3 Å². The second kappa shape index (κ2) is 6.80. The van der Waals surface area contributed by atoms with Gasteiger partial charge in [0.25, 0.3) is 0 Å². The van der Waals surface area contributed by atoms with Crippen LogP contribution in [-0.2, 0) is 4.79 Å².